The van der Waals surface area contributed by atoms with Gasteiger partial charge in [0, 0.05) is 6.54 Å². The number of ether oxygens (including phenoxy) is 2. The Bertz CT molecular complexity index is 227. The zero-order valence-electron chi connectivity index (χ0n) is 10.4. The van der Waals surface area contributed by atoms with Crippen molar-refractivity contribution in [1.29, 1.82) is 0 Å². The third kappa shape index (κ3) is 3.43. The first-order valence-corrected chi connectivity index (χ1v) is 5.62. The Morgan fingerprint density at radius 3 is 2.62 bits per heavy atom. The summed E-state index contributed by atoms with van der Waals surface area (Å²) in [6.07, 6.45) is 1.07. The quantitative estimate of drug-likeness (QED) is 0.481. The largest absolute Gasteiger partial charge is 0.468 e. The monoisotopic (exact) mass is 230 g/mol. The summed E-state index contributed by atoms with van der Waals surface area (Å²) in [5, 5.41) is 3.29. The standard InChI is InChI=1S/C11H22N2O3/c1-13(2)6-4-5-12-7-11(8-16-9-11)10(14)15-3/h12H,4-9H2,1-3H3. The van der Waals surface area contributed by atoms with Gasteiger partial charge in [-0.15, -0.1) is 0 Å². The summed E-state index contributed by atoms with van der Waals surface area (Å²) >= 11 is 0. The molecule has 1 heterocycles. The minimum atomic E-state index is -0.438. The van der Waals surface area contributed by atoms with Crippen molar-refractivity contribution in [1.82, 2.24) is 10.2 Å². The van der Waals surface area contributed by atoms with Crippen LogP contribution in [0.25, 0.3) is 0 Å². The number of carbonyl (C=O) groups excluding carboxylic acids is 1. The highest BCUT2D eigenvalue weighted by atomic mass is 16.5. The van der Waals surface area contributed by atoms with Crippen molar-refractivity contribution in [3.63, 3.8) is 0 Å². The topological polar surface area (TPSA) is 50.8 Å². The Hall–Kier alpha value is -0.650. The highest BCUT2D eigenvalue weighted by Gasteiger charge is 2.46. The summed E-state index contributed by atoms with van der Waals surface area (Å²) in [6, 6.07) is 0. The first-order chi connectivity index (χ1) is 7.60. The summed E-state index contributed by atoms with van der Waals surface area (Å²) in [5.74, 6) is -0.168. The molecule has 1 rings (SSSR count). The lowest BCUT2D eigenvalue weighted by Gasteiger charge is -2.38. The number of rotatable bonds is 7. The molecule has 1 aliphatic heterocycles. The van der Waals surface area contributed by atoms with E-state index in [9.17, 15) is 4.79 Å². The molecule has 0 aromatic heterocycles. The van der Waals surface area contributed by atoms with Crippen LogP contribution in [0.5, 0.6) is 0 Å². The molecule has 0 aromatic carbocycles. The van der Waals surface area contributed by atoms with E-state index in [1.165, 1.54) is 7.11 Å². The predicted octanol–water partition coefficient (Wildman–Crippen LogP) is -0.283. The molecule has 0 aliphatic carbocycles. The van der Waals surface area contributed by atoms with Gasteiger partial charge in [0.05, 0.1) is 20.3 Å². The second kappa shape index (κ2) is 6.18. The molecule has 16 heavy (non-hydrogen) atoms. The molecular weight excluding hydrogens is 208 g/mol. The lowest BCUT2D eigenvalue weighted by Crippen LogP contribution is -2.55. The summed E-state index contributed by atoms with van der Waals surface area (Å²) in [6.45, 7) is 3.56. The number of hydrogen-bond donors (Lipinski definition) is 1. The maximum absolute atomic E-state index is 11.5. The van der Waals surface area contributed by atoms with Gasteiger partial charge >= 0.3 is 5.97 Å². The van der Waals surface area contributed by atoms with Crippen molar-refractivity contribution in [2.75, 3.05) is 54.1 Å². The van der Waals surface area contributed by atoms with Crippen molar-refractivity contribution >= 4 is 5.97 Å². The molecule has 0 aromatic rings. The van der Waals surface area contributed by atoms with Crippen LogP contribution in [0.3, 0.4) is 0 Å². The molecule has 0 atom stereocenters. The summed E-state index contributed by atoms with van der Waals surface area (Å²) in [5.41, 5.74) is -0.438. The molecule has 0 saturated carbocycles. The van der Waals surface area contributed by atoms with E-state index in [2.05, 4.69) is 24.3 Å². The van der Waals surface area contributed by atoms with Crippen molar-refractivity contribution < 1.29 is 14.3 Å². The molecule has 94 valence electrons. The fourth-order valence-electron chi connectivity index (χ4n) is 1.70. The van der Waals surface area contributed by atoms with Gasteiger partial charge in [0.2, 0.25) is 0 Å². The molecule has 0 radical (unpaired) electrons. The van der Waals surface area contributed by atoms with E-state index in [0.717, 1.165) is 19.5 Å². The van der Waals surface area contributed by atoms with Crippen LogP contribution in [0, 0.1) is 5.41 Å². The van der Waals surface area contributed by atoms with Crippen LogP contribution in [0.2, 0.25) is 0 Å². The number of esters is 1. The van der Waals surface area contributed by atoms with Crippen molar-refractivity contribution in [2.45, 2.75) is 6.42 Å². The van der Waals surface area contributed by atoms with Gasteiger partial charge in [-0.2, -0.15) is 0 Å². The summed E-state index contributed by atoms with van der Waals surface area (Å²) in [4.78, 5) is 13.7. The van der Waals surface area contributed by atoms with Gasteiger partial charge in [0.25, 0.3) is 0 Å². The number of nitrogens with zero attached hydrogens (tertiary/aromatic N) is 1. The van der Waals surface area contributed by atoms with E-state index in [0.29, 0.717) is 19.8 Å². The molecular formula is C11H22N2O3. The zero-order chi connectivity index (χ0) is 12.0. The highest BCUT2D eigenvalue weighted by molar-refractivity contribution is 5.78. The second-order valence-electron chi connectivity index (χ2n) is 4.60. The number of carbonyl (C=O) groups is 1. The lowest BCUT2D eigenvalue weighted by molar-refractivity contribution is -0.182. The van der Waals surface area contributed by atoms with E-state index in [-0.39, 0.29) is 5.97 Å². The fourth-order valence-corrected chi connectivity index (χ4v) is 1.70. The second-order valence-corrected chi connectivity index (χ2v) is 4.60. The van der Waals surface area contributed by atoms with Crippen LogP contribution in [0.4, 0.5) is 0 Å². The Morgan fingerprint density at radius 2 is 2.19 bits per heavy atom. The van der Waals surface area contributed by atoms with E-state index < -0.39 is 5.41 Å². The van der Waals surface area contributed by atoms with Crippen LogP contribution in [0.1, 0.15) is 6.42 Å². The van der Waals surface area contributed by atoms with E-state index in [4.69, 9.17) is 9.47 Å². The van der Waals surface area contributed by atoms with Crippen LogP contribution >= 0.6 is 0 Å². The molecule has 0 amide bonds. The molecule has 1 saturated heterocycles. The zero-order valence-corrected chi connectivity index (χ0v) is 10.4. The van der Waals surface area contributed by atoms with Gasteiger partial charge in [-0.1, -0.05) is 0 Å². The average Bonchev–Trinajstić information content (AvgIpc) is 2.19. The van der Waals surface area contributed by atoms with Crippen LogP contribution in [-0.4, -0.2) is 64.9 Å². The molecule has 5 heteroatoms. The fraction of sp³-hybridized carbons (Fsp3) is 0.909. The first kappa shape index (κ1) is 13.4. The predicted molar refractivity (Wildman–Crippen MR) is 61.3 cm³/mol. The normalized spacial score (nSPS) is 18.2. The lowest BCUT2D eigenvalue weighted by atomic mass is 9.86. The third-order valence-corrected chi connectivity index (χ3v) is 2.80. The number of nitrogens with one attached hydrogen (secondary N) is 1. The minimum absolute atomic E-state index is 0.168. The Balaban J connectivity index is 2.17. The Labute approximate surface area is 97.1 Å². The van der Waals surface area contributed by atoms with Crippen LogP contribution in [-0.2, 0) is 14.3 Å². The van der Waals surface area contributed by atoms with Crippen LogP contribution in [0.15, 0.2) is 0 Å². The maximum Gasteiger partial charge on any atom is 0.317 e. The molecule has 0 bridgehead atoms. The van der Waals surface area contributed by atoms with Gasteiger partial charge in [-0.25, -0.2) is 0 Å². The molecule has 0 unspecified atom stereocenters. The highest BCUT2D eigenvalue weighted by Crippen LogP contribution is 2.27. The van der Waals surface area contributed by atoms with Gasteiger partial charge in [0.1, 0.15) is 5.41 Å². The van der Waals surface area contributed by atoms with Crippen molar-refractivity contribution in [3.05, 3.63) is 0 Å². The number of methoxy groups -OCH3 is 1. The molecule has 0 spiro atoms. The Morgan fingerprint density at radius 1 is 1.50 bits per heavy atom. The van der Waals surface area contributed by atoms with E-state index >= 15 is 0 Å². The van der Waals surface area contributed by atoms with E-state index in [1.54, 1.807) is 0 Å². The Kier molecular flexibility index (Phi) is 5.18. The van der Waals surface area contributed by atoms with Gasteiger partial charge in [-0.05, 0) is 33.6 Å². The molecule has 1 N–H and O–H groups in total. The van der Waals surface area contributed by atoms with Gasteiger partial charge in [-0.3, -0.25) is 4.79 Å². The minimum Gasteiger partial charge on any atom is -0.468 e. The SMILES string of the molecule is COC(=O)C1(CNCCCN(C)C)COC1. The van der Waals surface area contributed by atoms with E-state index in [1.807, 2.05) is 0 Å². The average molecular weight is 230 g/mol. The first-order valence-electron chi connectivity index (χ1n) is 5.62. The smallest absolute Gasteiger partial charge is 0.317 e. The molecule has 1 aliphatic rings. The van der Waals surface area contributed by atoms with Crippen LogP contribution < -0.4 is 5.32 Å². The number of hydrogen-bond acceptors (Lipinski definition) is 5. The van der Waals surface area contributed by atoms with Gasteiger partial charge in [0.15, 0.2) is 0 Å². The molecule has 1 fully saturated rings. The molecule has 5 nitrogen and oxygen atoms in total. The van der Waals surface area contributed by atoms with Crippen molar-refractivity contribution in [3.8, 4) is 0 Å². The van der Waals surface area contributed by atoms with Crippen molar-refractivity contribution in [2.24, 2.45) is 5.41 Å². The maximum atomic E-state index is 11.5. The van der Waals surface area contributed by atoms with Gasteiger partial charge < -0.3 is 19.7 Å². The third-order valence-electron chi connectivity index (χ3n) is 2.80. The summed E-state index contributed by atoms with van der Waals surface area (Å²) in [7, 11) is 5.53. The summed E-state index contributed by atoms with van der Waals surface area (Å²) < 4.78 is 9.89.